The van der Waals surface area contributed by atoms with Crippen molar-refractivity contribution >= 4 is 33.1 Å². The summed E-state index contributed by atoms with van der Waals surface area (Å²) in [7, 11) is -3.82. The number of nitrogens with zero attached hydrogens (tertiary/aromatic N) is 1. The molecule has 0 radical (unpaired) electrons. The maximum absolute atomic E-state index is 12.2. The molecule has 0 heterocycles. The Kier molecular flexibility index (Phi) is 3.92. The number of halogens is 1. The van der Waals surface area contributed by atoms with Crippen LogP contribution >= 0.6 is 11.6 Å². The Balaban J connectivity index is 2.54. The summed E-state index contributed by atoms with van der Waals surface area (Å²) in [6, 6.07) is 7.88. The molecular formula is C14H12ClNO3S. The quantitative estimate of drug-likeness (QED) is 0.789. The Morgan fingerprint density at radius 1 is 1.05 bits per heavy atom. The molecule has 20 heavy (non-hydrogen) atoms. The molecule has 1 aromatic rings. The number of benzene rings is 1. The van der Waals surface area contributed by atoms with E-state index in [-0.39, 0.29) is 21.4 Å². The van der Waals surface area contributed by atoms with E-state index >= 15 is 0 Å². The van der Waals surface area contributed by atoms with E-state index in [1.165, 1.54) is 18.2 Å². The van der Waals surface area contributed by atoms with Crippen LogP contribution < -0.4 is 0 Å². The first kappa shape index (κ1) is 14.7. The zero-order chi connectivity index (χ0) is 14.9. The van der Waals surface area contributed by atoms with Crippen LogP contribution in [0, 0.1) is 0 Å². The number of sulfonamides is 1. The van der Waals surface area contributed by atoms with Gasteiger partial charge in [0.25, 0.3) is 10.0 Å². The van der Waals surface area contributed by atoms with E-state index in [0.29, 0.717) is 11.1 Å². The van der Waals surface area contributed by atoms with Crippen molar-refractivity contribution in [2.24, 2.45) is 4.40 Å². The molecule has 0 bridgehead atoms. The zero-order valence-corrected chi connectivity index (χ0v) is 12.5. The maximum Gasteiger partial charge on any atom is 0.282 e. The van der Waals surface area contributed by atoms with Gasteiger partial charge in [-0.25, -0.2) is 0 Å². The molecule has 0 N–H and O–H groups in total. The van der Waals surface area contributed by atoms with Crippen molar-refractivity contribution in [1.82, 2.24) is 0 Å². The van der Waals surface area contributed by atoms with Crippen LogP contribution in [0.4, 0.5) is 0 Å². The summed E-state index contributed by atoms with van der Waals surface area (Å²) >= 11 is 5.80. The van der Waals surface area contributed by atoms with Crippen molar-refractivity contribution in [1.29, 1.82) is 0 Å². The summed E-state index contributed by atoms with van der Waals surface area (Å²) in [4.78, 5) is 11.8. The van der Waals surface area contributed by atoms with E-state index < -0.39 is 10.0 Å². The molecule has 0 fully saturated rings. The molecular weight excluding hydrogens is 298 g/mol. The fraction of sp³-hybridized carbons (Fsp3) is 0.143. The average Bonchev–Trinajstić information content (AvgIpc) is 2.43. The highest BCUT2D eigenvalue weighted by atomic mass is 35.5. The summed E-state index contributed by atoms with van der Waals surface area (Å²) in [5, 5.41) is -0.0323. The van der Waals surface area contributed by atoms with E-state index in [1.807, 2.05) is 0 Å². The highest BCUT2D eigenvalue weighted by Gasteiger charge is 2.23. The van der Waals surface area contributed by atoms with E-state index in [1.54, 1.807) is 32.0 Å². The first-order valence-electron chi connectivity index (χ1n) is 5.82. The van der Waals surface area contributed by atoms with Crippen LogP contribution in [0.2, 0.25) is 0 Å². The van der Waals surface area contributed by atoms with E-state index in [0.717, 1.165) is 0 Å². The van der Waals surface area contributed by atoms with Crippen LogP contribution in [0.5, 0.6) is 0 Å². The number of ketones is 1. The predicted octanol–water partition coefficient (Wildman–Crippen LogP) is 2.86. The molecule has 1 aromatic carbocycles. The molecule has 0 atom stereocenters. The molecule has 2 rings (SSSR count). The summed E-state index contributed by atoms with van der Waals surface area (Å²) in [5.74, 6) is -0.305. The van der Waals surface area contributed by atoms with Crippen LogP contribution in [-0.2, 0) is 14.8 Å². The second-order valence-electron chi connectivity index (χ2n) is 4.34. The summed E-state index contributed by atoms with van der Waals surface area (Å²) in [6.07, 6.45) is 1.28. The molecule has 0 saturated carbocycles. The van der Waals surface area contributed by atoms with Crippen LogP contribution in [0.1, 0.15) is 13.8 Å². The minimum atomic E-state index is -3.82. The topological polar surface area (TPSA) is 63.6 Å². The number of hydrogen-bond acceptors (Lipinski definition) is 3. The van der Waals surface area contributed by atoms with Gasteiger partial charge in [0.15, 0.2) is 5.78 Å². The minimum absolute atomic E-state index is 0.0323. The molecule has 0 unspecified atom stereocenters. The average molecular weight is 310 g/mol. The Hall–Kier alpha value is -1.72. The van der Waals surface area contributed by atoms with Gasteiger partial charge in [0.05, 0.1) is 15.6 Å². The van der Waals surface area contributed by atoms with Gasteiger partial charge in [-0.3, -0.25) is 4.79 Å². The first-order chi connectivity index (χ1) is 9.33. The molecule has 104 valence electrons. The van der Waals surface area contributed by atoms with E-state index in [4.69, 9.17) is 11.6 Å². The molecule has 1 aliphatic carbocycles. The second-order valence-corrected chi connectivity index (χ2v) is 6.35. The highest BCUT2D eigenvalue weighted by molar-refractivity contribution is 7.90. The first-order valence-corrected chi connectivity index (χ1v) is 7.64. The Labute approximate surface area is 122 Å². The van der Waals surface area contributed by atoms with Gasteiger partial charge < -0.3 is 0 Å². The van der Waals surface area contributed by atoms with Crippen LogP contribution in [0.15, 0.2) is 61.9 Å². The van der Waals surface area contributed by atoms with Gasteiger partial charge in [0, 0.05) is 5.57 Å². The van der Waals surface area contributed by atoms with Crippen LogP contribution in [-0.4, -0.2) is 19.9 Å². The number of allylic oxidation sites excluding steroid dienone is 4. The molecule has 6 heteroatoms. The molecule has 1 aliphatic rings. The monoisotopic (exact) mass is 309 g/mol. The third-order valence-electron chi connectivity index (χ3n) is 3.03. The number of carbonyl (C=O) groups is 1. The van der Waals surface area contributed by atoms with E-state index in [9.17, 15) is 13.2 Å². The second kappa shape index (κ2) is 5.34. The molecule has 0 amide bonds. The third-order valence-corrected chi connectivity index (χ3v) is 4.61. The molecule has 0 saturated heterocycles. The van der Waals surface area contributed by atoms with Crippen molar-refractivity contribution in [3.8, 4) is 0 Å². The van der Waals surface area contributed by atoms with Crippen molar-refractivity contribution in [3.63, 3.8) is 0 Å². The van der Waals surface area contributed by atoms with Gasteiger partial charge in [0.2, 0.25) is 0 Å². The normalized spacial score (nSPS) is 18.4. The van der Waals surface area contributed by atoms with Crippen LogP contribution in [0.25, 0.3) is 0 Å². The van der Waals surface area contributed by atoms with Gasteiger partial charge in [-0.1, -0.05) is 29.8 Å². The van der Waals surface area contributed by atoms with Crippen molar-refractivity contribution in [3.05, 3.63) is 52.6 Å². The number of carbonyl (C=O) groups excluding carboxylic acids is 1. The third kappa shape index (κ3) is 2.73. The SMILES string of the molecule is CC1=C(C)/C(=N\S(=O)(=O)c2ccccc2)C=C(Cl)C1=O. The van der Waals surface area contributed by atoms with Gasteiger partial charge in [0.1, 0.15) is 0 Å². The van der Waals surface area contributed by atoms with E-state index in [2.05, 4.69) is 4.40 Å². The van der Waals surface area contributed by atoms with Gasteiger partial charge in [-0.05, 0) is 37.6 Å². The lowest BCUT2D eigenvalue weighted by atomic mass is 9.97. The molecule has 0 aliphatic heterocycles. The van der Waals surface area contributed by atoms with Gasteiger partial charge in [-0.15, -0.1) is 0 Å². The van der Waals surface area contributed by atoms with Crippen LogP contribution in [0.3, 0.4) is 0 Å². The summed E-state index contributed by atoms with van der Waals surface area (Å²) in [5.41, 5.74) is 1.11. The zero-order valence-electron chi connectivity index (χ0n) is 10.9. The fourth-order valence-electron chi connectivity index (χ4n) is 1.70. The number of Topliss-reactive ketones (excluding diaryl/α,β-unsaturated/α-hetero) is 1. The lowest BCUT2D eigenvalue weighted by Crippen LogP contribution is -2.15. The lowest BCUT2D eigenvalue weighted by molar-refractivity contribution is -0.111. The Bertz CT molecular complexity index is 759. The Morgan fingerprint density at radius 3 is 2.25 bits per heavy atom. The minimum Gasteiger partial charge on any atom is -0.288 e. The smallest absolute Gasteiger partial charge is 0.282 e. The summed E-state index contributed by atoms with van der Waals surface area (Å²) < 4.78 is 28.1. The van der Waals surface area contributed by atoms with Crippen molar-refractivity contribution in [2.75, 3.05) is 0 Å². The van der Waals surface area contributed by atoms with Crippen molar-refractivity contribution < 1.29 is 13.2 Å². The predicted molar refractivity (Wildman–Crippen MR) is 78.4 cm³/mol. The van der Waals surface area contributed by atoms with Gasteiger partial charge >= 0.3 is 0 Å². The summed E-state index contributed by atoms with van der Waals surface area (Å²) in [6.45, 7) is 3.24. The Morgan fingerprint density at radius 2 is 1.65 bits per heavy atom. The molecule has 0 aromatic heterocycles. The highest BCUT2D eigenvalue weighted by Crippen LogP contribution is 2.23. The lowest BCUT2D eigenvalue weighted by Gasteiger charge is -2.13. The standard InChI is InChI=1S/C14H12ClNO3S/c1-9-10(2)14(17)12(15)8-13(9)16-20(18,19)11-6-4-3-5-7-11/h3-8H,1-2H3/b16-13-. The molecule has 4 nitrogen and oxygen atoms in total. The number of rotatable bonds is 2. The fourth-order valence-corrected chi connectivity index (χ4v) is 3.00. The number of hydrogen-bond donors (Lipinski definition) is 0. The van der Waals surface area contributed by atoms with Gasteiger partial charge in [-0.2, -0.15) is 12.8 Å². The maximum atomic E-state index is 12.2. The largest absolute Gasteiger partial charge is 0.288 e. The molecule has 0 spiro atoms. The van der Waals surface area contributed by atoms with Crippen molar-refractivity contribution in [2.45, 2.75) is 18.7 Å².